The summed E-state index contributed by atoms with van der Waals surface area (Å²) in [5, 5.41) is 3.31. The zero-order chi connectivity index (χ0) is 14.4. The van der Waals surface area contributed by atoms with E-state index in [0.717, 1.165) is 31.5 Å². The summed E-state index contributed by atoms with van der Waals surface area (Å²) in [5.74, 6) is -0.130. The Balaban J connectivity index is 2.21. The van der Waals surface area contributed by atoms with E-state index in [0.29, 0.717) is 6.61 Å². The Bertz CT molecular complexity index is 427. The number of hydrogen-bond donors (Lipinski definition) is 1. The molecule has 1 aromatic rings. The molecule has 1 aliphatic heterocycles. The Morgan fingerprint density at radius 1 is 1.30 bits per heavy atom. The van der Waals surface area contributed by atoms with Crippen molar-refractivity contribution in [2.75, 3.05) is 26.8 Å². The molecule has 0 saturated carbocycles. The normalized spacial score (nSPS) is 19.3. The molecule has 0 radical (unpaired) electrons. The van der Waals surface area contributed by atoms with Crippen LogP contribution in [0.5, 0.6) is 0 Å². The SMILES string of the molecule is COCC(C)OC(=O)C1(c2ccccc2)CCNCC1. The molecule has 0 amide bonds. The van der Waals surface area contributed by atoms with Crippen LogP contribution in [0.1, 0.15) is 25.3 Å². The first-order chi connectivity index (χ1) is 9.69. The van der Waals surface area contributed by atoms with Gasteiger partial charge < -0.3 is 14.8 Å². The molecule has 0 aliphatic carbocycles. The maximum absolute atomic E-state index is 12.7. The molecule has 0 aromatic heterocycles. The molecular formula is C16H23NO3. The first-order valence-corrected chi connectivity index (χ1v) is 7.15. The molecule has 1 N–H and O–H groups in total. The molecule has 1 heterocycles. The number of carbonyl (C=O) groups is 1. The zero-order valence-electron chi connectivity index (χ0n) is 12.2. The number of hydrogen-bond acceptors (Lipinski definition) is 4. The summed E-state index contributed by atoms with van der Waals surface area (Å²) >= 11 is 0. The van der Waals surface area contributed by atoms with Gasteiger partial charge in [-0.3, -0.25) is 4.79 Å². The van der Waals surface area contributed by atoms with Crippen LogP contribution in [0.3, 0.4) is 0 Å². The predicted molar refractivity (Wildman–Crippen MR) is 77.7 cm³/mol. The van der Waals surface area contributed by atoms with Gasteiger partial charge in [-0.1, -0.05) is 30.3 Å². The highest BCUT2D eigenvalue weighted by atomic mass is 16.6. The second kappa shape index (κ2) is 6.86. The predicted octanol–water partition coefficient (Wildman–Crippen LogP) is 1.89. The average Bonchev–Trinajstić information content (AvgIpc) is 2.49. The fraction of sp³-hybridized carbons (Fsp3) is 0.562. The van der Waals surface area contributed by atoms with Crippen LogP contribution < -0.4 is 5.32 Å². The van der Waals surface area contributed by atoms with Crippen LogP contribution >= 0.6 is 0 Å². The number of piperidine rings is 1. The summed E-state index contributed by atoms with van der Waals surface area (Å²) in [6.45, 7) is 3.96. The first kappa shape index (κ1) is 15.0. The van der Waals surface area contributed by atoms with E-state index in [-0.39, 0.29) is 12.1 Å². The van der Waals surface area contributed by atoms with Crippen LogP contribution in [-0.4, -0.2) is 38.9 Å². The van der Waals surface area contributed by atoms with Crippen molar-refractivity contribution in [2.24, 2.45) is 0 Å². The van der Waals surface area contributed by atoms with Gasteiger partial charge in [0.1, 0.15) is 6.10 Å². The van der Waals surface area contributed by atoms with Gasteiger partial charge in [0.25, 0.3) is 0 Å². The Morgan fingerprint density at radius 3 is 2.55 bits per heavy atom. The summed E-state index contributed by atoms with van der Waals surface area (Å²) in [7, 11) is 1.61. The lowest BCUT2D eigenvalue weighted by molar-refractivity contribution is -0.159. The molecule has 1 unspecified atom stereocenters. The Morgan fingerprint density at radius 2 is 1.95 bits per heavy atom. The van der Waals surface area contributed by atoms with Crippen LogP contribution in [0.2, 0.25) is 0 Å². The van der Waals surface area contributed by atoms with Gasteiger partial charge in [0, 0.05) is 7.11 Å². The molecule has 4 heteroatoms. The number of benzene rings is 1. The molecule has 2 rings (SSSR count). The van der Waals surface area contributed by atoms with Crippen LogP contribution in [0.25, 0.3) is 0 Å². The summed E-state index contributed by atoms with van der Waals surface area (Å²) in [4.78, 5) is 12.7. The molecule has 20 heavy (non-hydrogen) atoms. The van der Waals surface area contributed by atoms with E-state index in [4.69, 9.17) is 9.47 Å². The molecule has 1 saturated heterocycles. The molecule has 0 bridgehead atoms. The summed E-state index contributed by atoms with van der Waals surface area (Å²) in [6, 6.07) is 9.97. The van der Waals surface area contributed by atoms with Gasteiger partial charge >= 0.3 is 5.97 Å². The summed E-state index contributed by atoms with van der Waals surface area (Å²) in [6.07, 6.45) is 1.33. The number of esters is 1. The van der Waals surface area contributed by atoms with Crippen LogP contribution in [0, 0.1) is 0 Å². The van der Waals surface area contributed by atoms with Gasteiger partial charge in [-0.25, -0.2) is 0 Å². The lowest BCUT2D eigenvalue weighted by atomic mass is 9.73. The second-order valence-corrected chi connectivity index (χ2v) is 5.37. The monoisotopic (exact) mass is 277 g/mol. The molecular weight excluding hydrogens is 254 g/mol. The summed E-state index contributed by atoms with van der Waals surface area (Å²) < 4.78 is 10.6. The van der Waals surface area contributed by atoms with Crippen molar-refractivity contribution in [3.63, 3.8) is 0 Å². The smallest absolute Gasteiger partial charge is 0.317 e. The lowest BCUT2D eigenvalue weighted by Gasteiger charge is -2.36. The molecule has 0 spiro atoms. The highest BCUT2D eigenvalue weighted by molar-refractivity contribution is 5.83. The maximum Gasteiger partial charge on any atom is 0.317 e. The van der Waals surface area contributed by atoms with Gasteiger partial charge in [0.2, 0.25) is 0 Å². The number of ether oxygens (including phenoxy) is 2. The van der Waals surface area contributed by atoms with E-state index < -0.39 is 5.41 Å². The Hall–Kier alpha value is -1.39. The largest absolute Gasteiger partial charge is 0.460 e. The molecule has 1 aromatic carbocycles. The van der Waals surface area contributed by atoms with Crippen molar-refractivity contribution in [2.45, 2.75) is 31.3 Å². The Labute approximate surface area is 120 Å². The van der Waals surface area contributed by atoms with Crippen molar-refractivity contribution in [1.29, 1.82) is 0 Å². The molecule has 1 fully saturated rings. The van der Waals surface area contributed by atoms with Crippen LogP contribution in [0.4, 0.5) is 0 Å². The minimum Gasteiger partial charge on any atom is -0.460 e. The molecule has 1 aliphatic rings. The fourth-order valence-corrected chi connectivity index (χ4v) is 2.79. The van der Waals surface area contributed by atoms with Crippen molar-refractivity contribution in [3.05, 3.63) is 35.9 Å². The molecule has 110 valence electrons. The van der Waals surface area contributed by atoms with Gasteiger partial charge in [-0.15, -0.1) is 0 Å². The minimum absolute atomic E-state index is 0.130. The zero-order valence-corrected chi connectivity index (χ0v) is 12.2. The number of rotatable bonds is 5. The van der Waals surface area contributed by atoms with E-state index >= 15 is 0 Å². The van der Waals surface area contributed by atoms with Gasteiger partial charge in [-0.2, -0.15) is 0 Å². The number of carbonyl (C=O) groups excluding carboxylic acids is 1. The van der Waals surface area contributed by atoms with Gasteiger partial charge in [0.15, 0.2) is 0 Å². The van der Waals surface area contributed by atoms with Crippen molar-refractivity contribution >= 4 is 5.97 Å². The first-order valence-electron chi connectivity index (χ1n) is 7.15. The van der Waals surface area contributed by atoms with E-state index in [9.17, 15) is 4.79 Å². The standard InChI is InChI=1S/C16H23NO3/c1-13(12-19-2)20-15(18)16(8-10-17-11-9-16)14-6-4-3-5-7-14/h3-7,13,17H,8-12H2,1-2H3. The maximum atomic E-state index is 12.7. The summed E-state index contributed by atoms with van der Waals surface area (Å²) in [5.41, 5.74) is 0.533. The topological polar surface area (TPSA) is 47.6 Å². The average molecular weight is 277 g/mol. The van der Waals surface area contributed by atoms with E-state index in [2.05, 4.69) is 5.32 Å². The van der Waals surface area contributed by atoms with Crippen molar-refractivity contribution in [3.8, 4) is 0 Å². The van der Waals surface area contributed by atoms with Crippen molar-refractivity contribution in [1.82, 2.24) is 5.32 Å². The van der Waals surface area contributed by atoms with Gasteiger partial charge in [-0.05, 0) is 38.4 Å². The quantitative estimate of drug-likeness (QED) is 0.835. The third-order valence-corrected chi connectivity index (χ3v) is 3.88. The second-order valence-electron chi connectivity index (χ2n) is 5.37. The highest BCUT2D eigenvalue weighted by Crippen LogP contribution is 2.35. The number of methoxy groups -OCH3 is 1. The highest BCUT2D eigenvalue weighted by Gasteiger charge is 2.43. The molecule has 4 nitrogen and oxygen atoms in total. The number of nitrogens with one attached hydrogen (secondary N) is 1. The van der Waals surface area contributed by atoms with Crippen LogP contribution in [0.15, 0.2) is 30.3 Å². The lowest BCUT2D eigenvalue weighted by Crippen LogP contribution is -2.47. The minimum atomic E-state index is -0.519. The third kappa shape index (κ3) is 3.19. The van der Waals surface area contributed by atoms with Gasteiger partial charge in [0.05, 0.1) is 12.0 Å². The van der Waals surface area contributed by atoms with Crippen LogP contribution in [-0.2, 0) is 19.7 Å². The third-order valence-electron chi connectivity index (χ3n) is 3.88. The van der Waals surface area contributed by atoms with E-state index in [1.807, 2.05) is 37.3 Å². The van der Waals surface area contributed by atoms with E-state index in [1.54, 1.807) is 7.11 Å². The van der Waals surface area contributed by atoms with E-state index in [1.165, 1.54) is 0 Å². The molecule has 1 atom stereocenters. The Kier molecular flexibility index (Phi) is 5.15. The van der Waals surface area contributed by atoms with Crippen molar-refractivity contribution < 1.29 is 14.3 Å². The fourth-order valence-electron chi connectivity index (χ4n) is 2.79.